The summed E-state index contributed by atoms with van der Waals surface area (Å²) in [6.07, 6.45) is 2.99. The lowest BCUT2D eigenvalue weighted by molar-refractivity contribution is -0.134. The van der Waals surface area contributed by atoms with Crippen molar-refractivity contribution in [1.29, 1.82) is 0 Å². The van der Waals surface area contributed by atoms with Gasteiger partial charge in [0.05, 0.1) is 17.8 Å². The molecule has 2 aromatic heterocycles. The van der Waals surface area contributed by atoms with Gasteiger partial charge in [-0.25, -0.2) is 4.98 Å². The molecule has 0 aliphatic heterocycles. The highest BCUT2D eigenvalue weighted by Crippen LogP contribution is 2.26. The summed E-state index contributed by atoms with van der Waals surface area (Å²) in [6, 6.07) is -0.467. The first-order valence-corrected chi connectivity index (χ1v) is 9.15. The largest absolute Gasteiger partial charge is 0.481 e. The number of aliphatic carboxylic acids is 1. The molecule has 0 bridgehead atoms. The average molecular weight is 406 g/mol. The topological polar surface area (TPSA) is 173 Å². The summed E-state index contributed by atoms with van der Waals surface area (Å²) in [7, 11) is 0. The van der Waals surface area contributed by atoms with E-state index in [-0.39, 0.29) is 23.6 Å². The third kappa shape index (κ3) is 6.14. The summed E-state index contributed by atoms with van der Waals surface area (Å²) >= 11 is 0. The molecule has 2 amide bonds. The zero-order chi connectivity index (χ0) is 21.6. The standard InChI is InChI=1S/C16H22N6O3.C2H4O2/c1-8-11(9(2)22-21-8)7-19-15(24)10-5-12(13(23)6-10)20-16(25)14-17-3-4-18-14;1-2(3)4/h3-4,10,12-13,23H,5-7H2,1-2H3,(H,17,18)(H,19,24)(H,20,25)(H,21,22);1H3,(H,3,4)/t10-,12+,13+;/m0./s1. The van der Waals surface area contributed by atoms with Gasteiger partial charge in [-0.05, 0) is 26.7 Å². The van der Waals surface area contributed by atoms with E-state index in [1.807, 2.05) is 13.8 Å². The van der Waals surface area contributed by atoms with Crippen LogP contribution in [-0.4, -0.2) is 60.3 Å². The number of carboxylic acid groups (broad SMARTS) is 1. The number of carbonyl (C=O) groups excluding carboxylic acids is 2. The van der Waals surface area contributed by atoms with E-state index in [1.54, 1.807) is 6.20 Å². The fourth-order valence-electron chi connectivity index (χ4n) is 3.17. The van der Waals surface area contributed by atoms with Gasteiger partial charge in [-0.2, -0.15) is 5.10 Å². The minimum Gasteiger partial charge on any atom is -0.481 e. The van der Waals surface area contributed by atoms with Crippen molar-refractivity contribution in [2.75, 3.05) is 0 Å². The number of aliphatic hydroxyl groups excluding tert-OH is 1. The SMILES string of the molecule is CC(=O)O.Cc1n[nH]c(C)c1CNC(=O)[C@@H]1C[C@@H](O)[C@H](NC(=O)c2ncc[nH]2)C1. The summed E-state index contributed by atoms with van der Waals surface area (Å²) in [5.41, 5.74) is 2.75. The Balaban J connectivity index is 0.000000687. The minimum absolute atomic E-state index is 0.131. The van der Waals surface area contributed by atoms with Crippen molar-refractivity contribution in [3.63, 3.8) is 0 Å². The second-order valence-electron chi connectivity index (χ2n) is 6.90. The van der Waals surface area contributed by atoms with Crippen molar-refractivity contribution in [1.82, 2.24) is 30.8 Å². The average Bonchev–Trinajstić information content (AvgIpc) is 3.36. The monoisotopic (exact) mass is 406 g/mol. The first-order chi connectivity index (χ1) is 13.7. The highest BCUT2D eigenvalue weighted by atomic mass is 16.4. The third-order valence-electron chi connectivity index (χ3n) is 4.65. The van der Waals surface area contributed by atoms with Crippen LogP contribution in [0.5, 0.6) is 0 Å². The van der Waals surface area contributed by atoms with E-state index >= 15 is 0 Å². The zero-order valence-electron chi connectivity index (χ0n) is 16.5. The maximum Gasteiger partial charge on any atom is 0.300 e. The molecule has 2 heterocycles. The van der Waals surface area contributed by atoms with E-state index in [2.05, 4.69) is 30.8 Å². The van der Waals surface area contributed by atoms with E-state index in [0.29, 0.717) is 19.4 Å². The molecule has 0 saturated heterocycles. The van der Waals surface area contributed by atoms with E-state index < -0.39 is 18.1 Å². The Labute approximate surface area is 167 Å². The predicted octanol–water partition coefficient (Wildman–Crippen LogP) is 0.0262. The molecule has 6 N–H and O–H groups in total. The second-order valence-corrected chi connectivity index (χ2v) is 6.90. The smallest absolute Gasteiger partial charge is 0.300 e. The summed E-state index contributed by atoms with van der Waals surface area (Å²) in [5.74, 6) is -1.51. The van der Waals surface area contributed by atoms with Gasteiger partial charge < -0.3 is 25.8 Å². The molecule has 11 nitrogen and oxygen atoms in total. The maximum absolute atomic E-state index is 12.4. The predicted molar refractivity (Wildman–Crippen MR) is 102 cm³/mol. The van der Waals surface area contributed by atoms with Crippen LogP contribution in [0, 0.1) is 19.8 Å². The lowest BCUT2D eigenvalue weighted by atomic mass is 10.1. The van der Waals surface area contributed by atoms with Crippen LogP contribution in [0.2, 0.25) is 0 Å². The Morgan fingerprint density at radius 2 is 1.97 bits per heavy atom. The van der Waals surface area contributed by atoms with Crippen LogP contribution in [-0.2, 0) is 16.1 Å². The van der Waals surface area contributed by atoms with Crippen LogP contribution in [0.15, 0.2) is 12.4 Å². The van der Waals surface area contributed by atoms with Crippen LogP contribution in [0.1, 0.15) is 47.3 Å². The number of amides is 2. The van der Waals surface area contributed by atoms with Crippen molar-refractivity contribution in [3.05, 3.63) is 35.2 Å². The third-order valence-corrected chi connectivity index (χ3v) is 4.65. The number of hydrogen-bond donors (Lipinski definition) is 6. The molecular formula is C18H26N6O5. The number of nitrogens with one attached hydrogen (secondary N) is 4. The van der Waals surface area contributed by atoms with E-state index in [0.717, 1.165) is 23.9 Å². The molecule has 11 heteroatoms. The number of aryl methyl sites for hydroxylation is 2. The molecule has 0 unspecified atom stereocenters. The van der Waals surface area contributed by atoms with Crippen LogP contribution in [0.3, 0.4) is 0 Å². The van der Waals surface area contributed by atoms with Gasteiger partial charge in [0.25, 0.3) is 11.9 Å². The first kappa shape index (κ1) is 22.1. The first-order valence-electron chi connectivity index (χ1n) is 9.15. The highest BCUT2D eigenvalue weighted by molar-refractivity contribution is 5.90. The molecule has 3 atom stereocenters. The molecule has 1 fully saturated rings. The molecule has 0 radical (unpaired) electrons. The van der Waals surface area contributed by atoms with Crippen molar-refractivity contribution < 1.29 is 24.6 Å². The van der Waals surface area contributed by atoms with E-state index in [9.17, 15) is 14.7 Å². The second kappa shape index (κ2) is 9.82. The zero-order valence-corrected chi connectivity index (χ0v) is 16.5. The Kier molecular flexibility index (Phi) is 7.48. The van der Waals surface area contributed by atoms with Gasteiger partial charge in [-0.3, -0.25) is 19.5 Å². The number of hydrogen-bond acceptors (Lipinski definition) is 6. The van der Waals surface area contributed by atoms with Crippen molar-refractivity contribution in [2.24, 2.45) is 5.92 Å². The Bertz CT molecular complexity index is 824. The van der Waals surface area contributed by atoms with Crippen LogP contribution in [0.25, 0.3) is 0 Å². The minimum atomic E-state index is -0.833. The van der Waals surface area contributed by atoms with Crippen molar-refractivity contribution in [2.45, 2.75) is 52.3 Å². The number of carboxylic acids is 1. The van der Waals surface area contributed by atoms with Gasteiger partial charge in [0, 0.05) is 43.0 Å². The van der Waals surface area contributed by atoms with E-state index in [1.165, 1.54) is 6.20 Å². The molecule has 29 heavy (non-hydrogen) atoms. The molecule has 0 spiro atoms. The molecule has 158 valence electrons. The Hall–Kier alpha value is -3.21. The number of aliphatic hydroxyl groups is 1. The van der Waals surface area contributed by atoms with Gasteiger partial charge in [-0.1, -0.05) is 0 Å². The number of aromatic amines is 2. The maximum atomic E-state index is 12.4. The highest BCUT2D eigenvalue weighted by Gasteiger charge is 2.38. The summed E-state index contributed by atoms with van der Waals surface area (Å²) in [6.45, 7) is 5.26. The van der Waals surface area contributed by atoms with Gasteiger partial charge in [0.15, 0.2) is 5.82 Å². The number of nitrogens with zero attached hydrogens (tertiary/aromatic N) is 2. The van der Waals surface area contributed by atoms with Gasteiger partial charge >= 0.3 is 0 Å². The fraction of sp³-hybridized carbons (Fsp3) is 0.500. The lowest BCUT2D eigenvalue weighted by Crippen LogP contribution is -2.40. The lowest BCUT2D eigenvalue weighted by Gasteiger charge is -2.15. The number of rotatable bonds is 5. The van der Waals surface area contributed by atoms with Crippen LogP contribution >= 0.6 is 0 Å². The fourth-order valence-corrected chi connectivity index (χ4v) is 3.17. The molecule has 1 aliphatic rings. The molecule has 1 saturated carbocycles. The Morgan fingerprint density at radius 3 is 2.52 bits per heavy atom. The molecule has 3 rings (SSSR count). The van der Waals surface area contributed by atoms with Gasteiger partial charge in [-0.15, -0.1) is 0 Å². The van der Waals surface area contributed by atoms with Crippen LogP contribution < -0.4 is 10.6 Å². The normalized spacial score (nSPS) is 20.5. The Morgan fingerprint density at radius 1 is 1.28 bits per heavy atom. The summed E-state index contributed by atoms with van der Waals surface area (Å²) in [4.78, 5) is 40.0. The number of H-pyrrole nitrogens is 2. The number of imidazole rings is 1. The summed E-state index contributed by atoms with van der Waals surface area (Å²) < 4.78 is 0. The molecular weight excluding hydrogens is 380 g/mol. The van der Waals surface area contributed by atoms with E-state index in [4.69, 9.17) is 9.90 Å². The number of aromatic nitrogens is 4. The van der Waals surface area contributed by atoms with Crippen LogP contribution in [0.4, 0.5) is 0 Å². The molecule has 0 aromatic carbocycles. The van der Waals surface area contributed by atoms with Crippen molar-refractivity contribution >= 4 is 17.8 Å². The molecule has 1 aliphatic carbocycles. The van der Waals surface area contributed by atoms with Crippen molar-refractivity contribution in [3.8, 4) is 0 Å². The number of carbonyl (C=O) groups is 3. The quantitative estimate of drug-likeness (QED) is 0.406. The molecule has 2 aromatic rings. The van der Waals surface area contributed by atoms with Gasteiger partial charge in [0.2, 0.25) is 5.91 Å². The van der Waals surface area contributed by atoms with Gasteiger partial charge in [0.1, 0.15) is 0 Å². The summed E-state index contributed by atoms with van der Waals surface area (Å²) in [5, 5.41) is 30.2.